The first kappa shape index (κ1) is 8.00. The third-order valence-corrected chi connectivity index (χ3v) is 3.32. The lowest BCUT2D eigenvalue weighted by Gasteiger charge is -2.32. The van der Waals surface area contributed by atoms with Crippen molar-refractivity contribution in [3.05, 3.63) is 0 Å². The van der Waals surface area contributed by atoms with Crippen molar-refractivity contribution in [1.82, 2.24) is 0 Å². The van der Waals surface area contributed by atoms with Crippen LogP contribution in [0.4, 0.5) is 0 Å². The Bertz CT molecular complexity index is 208. The average molecular weight is 165 g/mol. The Morgan fingerprint density at radius 3 is 2.33 bits per heavy atom. The second-order valence-corrected chi connectivity index (χ2v) is 4.14. The maximum absolute atomic E-state index is 10.3. The maximum Gasteiger partial charge on any atom is 0.235 e. The molecule has 2 heteroatoms. The van der Waals surface area contributed by atoms with E-state index in [0.29, 0.717) is 0 Å². The molecule has 0 aromatic heterocycles. The second kappa shape index (κ2) is 3.02. The van der Waals surface area contributed by atoms with Gasteiger partial charge in [-0.2, -0.15) is 4.99 Å². The molecule has 0 aliphatic heterocycles. The first-order valence-corrected chi connectivity index (χ1v) is 4.96. The molecule has 0 atom stereocenters. The molecular formula is C10H15NO. The van der Waals surface area contributed by atoms with Crippen LogP contribution in [0.15, 0.2) is 4.99 Å². The first-order chi connectivity index (χ1) is 5.87. The lowest BCUT2D eigenvalue weighted by Crippen LogP contribution is -2.31. The third-order valence-electron chi connectivity index (χ3n) is 3.32. The molecule has 2 nitrogen and oxygen atoms in total. The van der Waals surface area contributed by atoms with Crippen molar-refractivity contribution in [3.8, 4) is 0 Å². The summed E-state index contributed by atoms with van der Waals surface area (Å²) < 4.78 is 0. The van der Waals surface area contributed by atoms with Crippen molar-refractivity contribution in [1.29, 1.82) is 0 Å². The predicted octanol–water partition coefficient (Wildman–Crippen LogP) is 2.44. The largest absolute Gasteiger partial charge is 0.235 e. The molecule has 0 N–H and O–H groups in total. The van der Waals surface area contributed by atoms with Gasteiger partial charge >= 0.3 is 0 Å². The fourth-order valence-corrected chi connectivity index (χ4v) is 2.49. The van der Waals surface area contributed by atoms with E-state index in [0.717, 1.165) is 18.8 Å². The molecular weight excluding hydrogens is 150 g/mol. The normalized spacial score (nSPS) is 27.7. The monoisotopic (exact) mass is 165 g/mol. The molecule has 0 amide bonds. The fourth-order valence-electron chi connectivity index (χ4n) is 2.49. The Balaban J connectivity index is 2.13. The number of aliphatic imine (C=N–C) groups is 1. The summed E-state index contributed by atoms with van der Waals surface area (Å²) in [6, 6.07) is 0. The molecule has 2 fully saturated rings. The molecule has 2 saturated carbocycles. The van der Waals surface area contributed by atoms with Gasteiger partial charge in [0.2, 0.25) is 6.08 Å². The summed E-state index contributed by atoms with van der Waals surface area (Å²) in [6.45, 7) is 0. The first-order valence-electron chi connectivity index (χ1n) is 4.96. The van der Waals surface area contributed by atoms with E-state index in [1.54, 1.807) is 6.08 Å². The van der Waals surface area contributed by atoms with Crippen LogP contribution in [0.3, 0.4) is 0 Å². The van der Waals surface area contributed by atoms with Crippen LogP contribution < -0.4 is 0 Å². The summed E-state index contributed by atoms with van der Waals surface area (Å²) in [5.41, 5.74) is 0.0417. The Hall–Kier alpha value is -0.620. The molecule has 12 heavy (non-hydrogen) atoms. The number of isocyanates is 1. The Kier molecular flexibility index (Phi) is 2.02. The fraction of sp³-hybridized carbons (Fsp3) is 0.900. The Labute approximate surface area is 73.1 Å². The molecule has 0 aromatic rings. The highest BCUT2D eigenvalue weighted by molar-refractivity contribution is 5.35. The minimum atomic E-state index is 0.0417. The summed E-state index contributed by atoms with van der Waals surface area (Å²) in [5.74, 6) is 0.722. The number of carbonyl (C=O) groups excluding carboxylic acids is 1. The van der Waals surface area contributed by atoms with Gasteiger partial charge in [0.25, 0.3) is 0 Å². The van der Waals surface area contributed by atoms with Crippen LogP contribution in [0.2, 0.25) is 0 Å². The van der Waals surface area contributed by atoms with Gasteiger partial charge in [-0.1, -0.05) is 19.3 Å². The zero-order valence-corrected chi connectivity index (χ0v) is 7.38. The van der Waals surface area contributed by atoms with Gasteiger partial charge < -0.3 is 0 Å². The lowest BCUT2D eigenvalue weighted by atomic mass is 9.78. The second-order valence-electron chi connectivity index (χ2n) is 4.14. The number of hydrogen-bond acceptors (Lipinski definition) is 2. The van der Waals surface area contributed by atoms with Crippen molar-refractivity contribution in [2.24, 2.45) is 10.9 Å². The van der Waals surface area contributed by atoms with Crippen molar-refractivity contribution < 1.29 is 4.79 Å². The molecule has 2 rings (SSSR count). The molecule has 2 aliphatic carbocycles. The topological polar surface area (TPSA) is 29.4 Å². The summed E-state index contributed by atoms with van der Waals surface area (Å²) in [7, 11) is 0. The molecule has 0 bridgehead atoms. The number of rotatable bonds is 2. The number of nitrogens with zero attached hydrogens (tertiary/aromatic N) is 1. The van der Waals surface area contributed by atoms with Gasteiger partial charge in [-0.15, -0.1) is 0 Å². The summed E-state index contributed by atoms with van der Waals surface area (Å²) in [4.78, 5) is 14.4. The Morgan fingerprint density at radius 1 is 1.17 bits per heavy atom. The summed E-state index contributed by atoms with van der Waals surface area (Å²) in [6.07, 6.45) is 10.4. The van der Waals surface area contributed by atoms with Gasteiger partial charge in [-0.05, 0) is 31.6 Å². The van der Waals surface area contributed by atoms with E-state index in [4.69, 9.17) is 0 Å². The maximum atomic E-state index is 10.3. The van der Waals surface area contributed by atoms with Crippen molar-refractivity contribution in [2.75, 3.05) is 0 Å². The van der Waals surface area contributed by atoms with Gasteiger partial charge in [-0.3, -0.25) is 0 Å². The summed E-state index contributed by atoms with van der Waals surface area (Å²) >= 11 is 0. The highest BCUT2D eigenvalue weighted by Crippen LogP contribution is 2.49. The molecule has 66 valence electrons. The summed E-state index contributed by atoms with van der Waals surface area (Å²) in [5, 5.41) is 0. The minimum Gasteiger partial charge on any atom is -0.211 e. The number of hydrogen-bond donors (Lipinski definition) is 0. The highest BCUT2D eigenvalue weighted by Gasteiger charge is 2.45. The molecule has 0 unspecified atom stereocenters. The quantitative estimate of drug-likeness (QED) is 0.456. The van der Waals surface area contributed by atoms with Crippen LogP contribution in [0.5, 0.6) is 0 Å². The van der Waals surface area contributed by atoms with Gasteiger partial charge in [0, 0.05) is 0 Å². The molecule has 2 aliphatic rings. The van der Waals surface area contributed by atoms with Crippen LogP contribution in [-0.4, -0.2) is 11.6 Å². The van der Waals surface area contributed by atoms with Gasteiger partial charge in [0.05, 0.1) is 5.54 Å². The van der Waals surface area contributed by atoms with Gasteiger partial charge in [0.1, 0.15) is 0 Å². The van der Waals surface area contributed by atoms with Crippen molar-refractivity contribution in [3.63, 3.8) is 0 Å². The van der Waals surface area contributed by atoms with E-state index < -0.39 is 0 Å². The van der Waals surface area contributed by atoms with Crippen molar-refractivity contribution >= 4 is 6.08 Å². The Morgan fingerprint density at radius 2 is 1.83 bits per heavy atom. The molecule has 0 radical (unpaired) electrons. The standard InChI is InChI=1S/C10H15NO/c12-8-11-10(9-4-5-9)6-2-1-3-7-10/h9H,1-7H2. The average Bonchev–Trinajstić information content (AvgIpc) is 2.89. The van der Waals surface area contributed by atoms with Crippen LogP contribution in [0.1, 0.15) is 44.9 Å². The lowest BCUT2D eigenvalue weighted by molar-refractivity contribution is 0.263. The minimum absolute atomic E-state index is 0.0417. The van der Waals surface area contributed by atoms with Crippen molar-refractivity contribution in [2.45, 2.75) is 50.5 Å². The van der Waals surface area contributed by atoms with Crippen LogP contribution in [0.25, 0.3) is 0 Å². The van der Waals surface area contributed by atoms with E-state index in [9.17, 15) is 4.79 Å². The van der Waals surface area contributed by atoms with Gasteiger partial charge in [0.15, 0.2) is 0 Å². The van der Waals surface area contributed by atoms with E-state index in [1.807, 2.05) is 0 Å². The predicted molar refractivity (Wildman–Crippen MR) is 46.7 cm³/mol. The highest BCUT2D eigenvalue weighted by atomic mass is 16.1. The zero-order valence-electron chi connectivity index (χ0n) is 7.38. The van der Waals surface area contributed by atoms with E-state index in [2.05, 4.69) is 4.99 Å². The zero-order chi connectivity index (χ0) is 8.44. The molecule has 0 heterocycles. The van der Waals surface area contributed by atoms with E-state index >= 15 is 0 Å². The third kappa shape index (κ3) is 1.32. The van der Waals surface area contributed by atoms with E-state index in [-0.39, 0.29) is 5.54 Å². The SMILES string of the molecule is O=C=NC1(C2CC2)CCCCC1. The molecule has 0 aromatic carbocycles. The molecule has 0 spiro atoms. The molecule has 0 saturated heterocycles. The van der Waals surface area contributed by atoms with Gasteiger partial charge in [-0.25, -0.2) is 4.79 Å². The van der Waals surface area contributed by atoms with Crippen LogP contribution >= 0.6 is 0 Å². The van der Waals surface area contributed by atoms with Crippen LogP contribution in [-0.2, 0) is 4.79 Å². The smallest absolute Gasteiger partial charge is 0.211 e. The van der Waals surface area contributed by atoms with Crippen LogP contribution in [0, 0.1) is 5.92 Å². The van der Waals surface area contributed by atoms with E-state index in [1.165, 1.54) is 32.1 Å².